The number of nitrogens with zero attached hydrogens (tertiary/aromatic N) is 3. The van der Waals surface area contributed by atoms with E-state index in [9.17, 15) is 27.6 Å². The monoisotopic (exact) mass is 376 g/mol. The van der Waals surface area contributed by atoms with Crippen LogP contribution in [0.2, 0.25) is 0 Å². The highest BCUT2D eigenvalue weighted by Gasteiger charge is 2.47. The van der Waals surface area contributed by atoms with Crippen LogP contribution in [0.3, 0.4) is 0 Å². The lowest BCUT2D eigenvalue weighted by Gasteiger charge is -2.19. The summed E-state index contributed by atoms with van der Waals surface area (Å²) in [7, 11) is 0. The number of fused-ring (bicyclic) bond motifs is 1. The van der Waals surface area contributed by atoms with Crippen molar-refractivity contribution in [1.82, 2.24) is 15.1 Å². The molecule has 3 amide bonds. The van der Waals surface area contributed by atoms with E-state index in [1.807, 2.05) is 0 Å². The van der Waals surface area contributed by atoms with E-state index < -0.39 is 17.1 Å². The predicted molar refractivity (Wildman–Crippen MR) is 80.3 cm³/mol. The number of anilines is 1. The number of hydrogen-bond acceptors (Lipinski definition) is 6. The first-order valence-corrected chi connectivity index (χ1v) is 8.65. The second-order valence-corrected chi connectivity index (χ2v) is 7.01. The van der Waals surface area contributed by atoms with Gasteiger partial charge >= 0.3 is 6.18 Å². The minimum absolute atomic E-state index is 0.0819. The molecule has 7 nitrogen and oxygen atoms in total. The highest BCUT2D eigenvalue weighted by molar-refractivity contribution is 7.15. The van der Waals surface area contributed by atoms with E-state index >= 15 is 0 Å². The van der Waals surface area contributed by atoms with Gasteiger partial charge in [0.25, 0.3) is 0 Å². The second-order valence-electron chi connectivity index (χ2n) is 6.03. The summed E-state index contributed by atoms with van der Waals surface area (Å²) in [5, 5.41) is 7.00. The van der Waals surface area contributed by atoms with Crippen molar-refractivity contribution < 1.29 is 27.6 Å². The Morgan fingerprint density at radius 3 is 2.28 bits per heavy atom. The van der Waals surface area contributed by atoms with Crippen molar-refractivity contribution in [3.8, 4) is 0 Å². The van der Waals surface area contributed by atoms with Gasteiger partial charge in [0.15, 0.2) is 0 Å². The average Bonchev–Trinajstić information content (AvgIpc) is 3.11. The zero-order valence-electron chi connectivity index (χ0n) is 13.0. The van der Waals surface area contributed by atoms with Gasteiger partial charge in [-0.3, -0.25) is 19.3 Å². The van der Waals surface area contributed by atoms with Crippen molar-refractivity contribution in [2.75, 3.05) is 11.9 Å². The number of carbonyl (C=O) groups is 3. The van der Waals surface area contributed by atoms with Crippen LogP contribution in [-0.2, 0) is 20.6 Å². The van der Waals surface area contributed by atoms with Crippen molar-refractivity contribution in [3.05, 3.63) is 5.01 Å². The van der Waals surface area contributed by atoms with Crippen LogP contribution < -0.4 is 5.32 Å². The molecule has 2 atom stereocenters. The van der Waals surface area contributed by atoms with E-state index in [0.717, 1.165) is 17.7 Å². The summed E-state index contributed by atoms with van der Waals surface area (Å²) in [6.07, 6.45) is -1.63. The number of aromatic nitrogens is 2. The first kappa shape index (κ1) is 17.8. The molecule has 1 aromatic heterocycles. The van der Waals surface area contributed by atoms with Gasteiger partial charge in [-0.05, 0) is 12.8 Å². The number of imide groups is 1. The molecular weight excluding hydrogens is 361 g/mol. The van der Waals surface area contributed by atoms with E-state index in [4.69, 9.17) is 0 Å². The number of rotatable bonds is 4. The van der Waals surface area contributed by atoms with E-state index in [1.54, 1.807) is 0 Å². The highest BCUT2D eigenvalue weighted by atomic mass is 32.1. The Morgan fingerprint density at radius 2 is 1.76 bits per heavy atom. The summed E-state index contributed by atoms with van der Waals surface area (Å²) in [6, 6.07) is 0. The summed E-state index contributed by atoms with van der Waals surface area (Å²) in [6.45, 7) is -0.0819. The van der Waals surface area contributed by atoms with Crippen molar-refractivity contribution in [1.29, 1.82) is 0 Å². The van der Waals surface area contributed by atoms with E-state index in [0.29, 0.717) is 12.8 Å². The molecule has 25 heavy (non-hydrogen) atoms. The number of alkyl halides is 3. The molecule has 0 aromatic carbocycles. The topological polar surface area (TPSA) is 92.3 Å². The van der Waals surface area contributed by atoms with Crippen LogP contribution in [0.1, 0.15) is 37.1 Å². The lowest BCUT2D eigenvalue weighted by molar-refractivity contribution is -0.140. The third kappa shape index (κ3) is 3.65. The third-order valence-electron chi connectivity index (χ3n) is 4.41. The maximum absolute atomic E-state index is 12.4. The zero-order chi connectivity index (χ0) is 18.2. The molecule has 2 heterocycles. The van der Waals surface area contributed by atoms with Gasteiger partial charge in [0, 0.05) is 13.0 Å². The van der Waals surface area contributed by atoms with Crippen LogP contribution in [-0.4, -0.2) is 39.4 Å². The Labute approximate surface area is 144 Å². The molecule has 136 valence electrons. The molecule has 0 spiro atoms. The van der Waals surface area contributed by atoms with Gasteiger partial charge < -0.3 is 5.32 Å². The molecule has 3 rings (SSSR count). The maximum atomic E-state index is 12.4. The average molecular weight is 376 g/mol. The Kier molecular flexibility index (Phi) is 4.76. The fourth-order valence-electron chi connectivity index (χ4n) is 3.23. The lowest BCUT2D eigenvalue weighted by Crippen LogP contribution is -2.34. The standard InChI is InChI=1S/C14H15F3N4O3S/c15-14(16,17)12-19-20-13(25-12)18-9(22)5-6-21-10(23)7-3-1-2-4-8(7)11(21)24/h7-8H,1-6H2,(H,18,20,22). The molecule has 2 aliphatic rings. The van der Waals surface area contributed by atoms with Gasteiger partial charge in [-0.2, -0.15) is 13.2 Å². The highest BCUT2D eigenvalue weighted by Crippen LogP contribution is 2.38. The molecule has 1 aliphatic carbocycles. The van der Waals surface area contributed by atoms with Gasteiger partial charge in [0.05, 0.1) is 11.8 Å². The Balaban J connectivity index is 1.55. The SMILES string of the molecule is O=C(CCN1C(=O)C2CCCCC2C1=O)Nc1nnc(C(F)(F)F)s1. The van der Waals surface area contributed by atoms with Crippen molar-refractivity contribution >= 4 is 34.2 Å². The minimum atomic E-state index is -4.62. The molecule has 0 bridgehead atoms. The predicted octanol–water partition coefficient (Wildman–Crippen LogP) is 2.06. The van der Waals surface area contributed by atoms with Crippen LogP contribution in [0.5, 0.6) is 0 Å². The maximum Gasteiger partial charge on any atom is 0.445 e. The molecule has 2 unspecified atom stereocenters. The van der Waals surface area contributed by atoms with Gasteiger partial charge in [-0.25, -0.2) is 0 Å². The Hall–Kier alpha value is -2.04. The number of amides is 3. The smallest absolute Gasteiger partial charge is 0.300 e. The van der Waals surface area contributed by atoms with Crippen LogP contribution in [0.4, 0.5) is 18.3 Å². The van der Waals surface area contributed by atoms with Gasteiger partial charge in [0.1, 0.15) is 0 Å². The second kappa shape index (κ2) is 6.70. The van der Waals surface area contributed by atoms with Crippen LogP contribution in [0.25, 0.3) is 0 Å². The molecule has 11 heteroatoms. The molecule has 1 saturated carbocycles. The molecule has 0 radical (unpaired) electrons. The van der Waals surface area contributed by atoms with Crippen LogP contribution in [0.15, 0.2) is 0 Å². The fraction of sp³-hybridized carbons (Fsp3) is 0.643. The summed E-state index contributed by atoms with van der Waals surface area (Å²) in [4.78, 5) is 37.5. The van der Waals surface area contributed by atoms with Gasteiger partial charge in [0.2, 0.25) is 27.9 Å². The number of carbonyl (C=O) groups excluding carboxylic acids is 3. The summed E-state index contributed by atoms with van der Waals surface area (Å²) < 4.78 is 37.3. The van der Waals surface area contributed by atoms with Crippen molar-refractivity contribution in [2.24, 2.45) is 11.8 Å². The van der Waals surface area contributed by atoms with Gasteiger partial charge in [-0.15, -0.1) is 10.2 Å². The van der Waals surface area contributed by atoms with Crippen molar-refractivity contribution in [2.45, 2.75) is 38.3 Å². The molecular formula is C14H15F3N4O3S. The molecule has 1 N–H and O–H groups in total. The number of likely N-dealkylation sites (tertiary alicyclic amines) is 1. The Morgan fingerprint density at radius 1 is 1.16 bits per heavy atom. The number of halogens is 3. The van der Waals surface area contributed by atoms with Gasteiger partial charge in [-0.1, -0.05) is 24.2 Å². The largest absolute Gasteiger partial charge is 0.445 e. The molecule has 1 aliphatic heterocycles. The summed E-state index contributed by atoms with van der Waals surface area (Å²) in [5.74, 6) is -1.71. The normalized spacial score (nSPS) is 23.7. The van der Waals surface area contributed by atoms with Crippen LogP contribution in [0, 0.1) is 11.8 Å². The Bertz CT molecular complexity index is 682. The number of nitrogens with one attached hydrogen (secondary N) is 1. The van der Waals surface area contributed by atoms with E-state index in [1.165, 1.54) is 0 Å². The van der Waals surface area contributed by atoms with E-state index in [-0.39, 0.29) is 53.1 Å². The first-order chi connectivity index (χ1) is 11.8. The molecule has 1 aromatic rings. The minimum Gasteiger partial charge on any atom is -0.300 e. The zero-order valence-corrected chi connectivity index (χ0v) is 13.8. The molecule has 2 fully saturated rings. The summed E-state index contributed by atoms with van der Waals surface area (Å²) in [5.41, 5.74) is 0. The van der Waals surface area contributed by atoms with Crippen molar-refractivity contribution in [3.63, 3.8) is 0 Å². The van der Waals surface area contributed by atoms with E-state index in [2.05, 4.69) is 15.5 Å². The first-order valence-electron chi connectivity index (χ1n) is 7.83. The quantitative estimate of drug-likeness (QED) is 0.812. The third-order valence-corrected chi connectivity index (χ3v) is 5.29. The lowest BCUT2D eigenvalue weighted by atomic mass is 9.81. The van der Waals surface area contributed by atoms with Crippen LogP contribution >= 0.6 is 11.3 Å². The molecule has 1 saturated heterocycles. The summed E-state index contributed by atoms with van der Waals surface area (Å²) >= 11 is 0.217. The fourth-order valence-corrected chi connectivity index (χ4v) is 3.86. The number of hydrogen-bond donors (Lipinski definition) is 1.